The number of carbonyl (C=O) groups excluding carboxylic acids is 1. The van der Waals surface area contributed by atoms with Crippen molar-refractivity contribution < 1.29 is 14.5 Å². The van der Waals surface area contributed by atoms with Gasteiger partial charge < -0.3 is 15.4 Å². The van der Waals surface area contributed by atoms with Crippen molar-refractivity contribution in [2.45, 2.75) is 12.5 Å². The lowest BCUT2D eigenvalue weighted by Crippen LogP contribution is -2.42. The smallest absolute Gasteiger partial charge is 0.272 e. The van der Waals surface area contributed by atoms with Crippen molar-refractivity contribution in [3.8, 4) is 5.75 Å². The monoisotopic (exact) mass is 327 g/mol. The normalized spacial score (nSPS) is 16.5. The van der Waals surface area contributed by atoms with Crippen LogP contribution in [0.1, 0.15) is 18.1 Å². The Bertz CT molecular complexity index is 764. The van der Waals surface area contributed by atoms with E-state index < -0.39 is 11.0 Å². The maximum Gasteiger partial charge on any atom is 0.272 e. The molecule has 7 heteroatoms. The van der Waals surface area contributed by atoms with Crippen LogP contribution in [-0.4, -0.2) is 23.9 Å². The van der Waals surface area contributed by atoms with Crippen LogP contribution in [0.25, 0.3) is 0 Å². The van der Waals surface area contributed by atoms with Gasteiger partial charge in [-0.15, -0.1) is 0 Å². The summed E-state index contributed by atoms with van der Waals surface area (Å²) < 4.78 is 5.83. The molecule has 0 bridgehead atoms. The van der Waals surface area contributed by atoms with Gasteiger partial charge in [0.05, 0.1) is 10.6 Å². The Hall–Kier alpha value is -2.93. The van der Waals surface area contributed by atoms with Crippen molar-refractivity contribution in [1.82, 2.24) is 0 Å². The average Bonchev–Trinajstić information content (AvgIpc) is 2.60. The Morgan fingerprint density at radius 3 is 2.62 bits per heavy atom. The molecule has 7 nitrogen and oxygen atoms in total. The second kappa shape index (κ2) is 6.67. The fourth-order valence-electron chi connectivity index (χ4n) is 2.69. The SMILES string of the molecule is NCCCN1C(=O)C(c2ccccc2)Oc2ccc([N+](=O)[O-])cc21. The highest BCUT2D eigenvalue weighted by molar-refractivity contribution is 6.00. The van der Waals surface area contributed by atoms with E-state index in [4.69, 9.17) is 10.5 Å². The fourth-order valence-corrected chi connectivity index (χ4v) is 2.69. The number of fused-ring (bicyclic) bond motifs is 1. The van der Waals surface area contributed by atoms with E-state index in [-0.39, 0.29) is 11.6 Å². The minimum Gasteiger partial charge on any atom is -0.474 e. The lowest BCUT2D eigenvalue weighted by molar-refractivity contribution is -0.384. The van der Waals surface area contributed by atoms with E-state index in [0.717, 1.165) is 5.56 Å². The zero-order chi connectivity index (χ0) is 17.1. The molecule has 3 rings (SSSR count). The van der Waals surface area contributed by atoms with Crippen molar-refractivity contribution in [3.63, 3.8) is 0 Å². The first-order chi connectivity index (χ1) is 11.6. The van der Waals surface area contributed by atoms with Crippen molar-refractivity contribution in [1.29, 1.82) is 0 Å². The molecule has 0 spiro atoms. The van der Waals surface area contributed by atoms with Crippen molar-refractivity contribution in [2.75, 3.05) is 18.0 Å². The van der Waals surface area contributed by atoms with Gasteiger partial charge in [0.1, 0.15) is 5.75 Å². The molecule has 24 heavy (non-hydrogen) atoms. The lowest BCUT2D eigenvalue weighted by atomic mass is 10.0. The zero-order valence-corrected chi connectivity index (χ0v) is 12.9. The van der Waals surface area contributed by atoms with Crippen molar-refractivity contribution >= 4 is 17.3 Å². The van der Waals surface area contributed by atoms with E-state index in [1.807, 2.05) is 30.3 Å². The molecule has 0 fully saturated rings. The molecule has 2 aromatic carbocycles. The van der Waals surface area contributed by atoms with Crippen LogP contribution >= 0.6 is 0 Å². The Labute approximate surface area is 138 Å². The molecule has 0 aliphatic carbocycles. The maximum absolute atomic E-state index is 12.9. The number of anilines is 1. The molecule has 0 radical (unpaired) electrons. The Balaban J connectivity index is 2.03. The molecule has 1 amide bonds. The molecule has 1 heterocycles. The van der Waals surface area contributed by atoms with E-state index in [2.05, 4.69) is 0 Å². The zero-order valence-electron chi connectivity index (χ0n) is 12.9. The Kier molecular flexibility index (Phi) is 4.43. The lowest BCUT2D eigenvalue weighted by Gasteiger charge is -2.34. The number of benzene rings is 2. The van der Waals surface area contributed by atoms with Gasteiger partial charge in [0, 0.05) is 24.2 Å². The summed E-state index contributed by atoms with van der Waals surface area (Å²) in [6.45, 7) is 0.807. The maximum atomic E-state index is 12.9. The molecule has 1 aliphatic heterocycles. The first kappa shape index (κ1) is 15.9. The van der Waals surface area contributed by atoms with Crippen molar-refractivity contribution in [3.05, 3.63) is 64.2 Å². The number of amides is 1. The van der Waals surface area contributed by atoms with E-state index in [1.54, 1.807) is 0 Å². The highest BCUT2D eigenvalue weighted by Crippen LogP contribution is 2.40. The molecule has 0 saturated heterocycles. The van der Waals surface area contributed by atoms with Gasteiger partial charge in [-0.2, -0.15) is 0 Å². The first-order valence-corrected chi connectivity index (χ1v) is 7.63. The van der Waals surface area contributed by atoms with Crippen LogP contribution in [0.3, 0.4) is 0 Å². The molecule has 0 saturated carbocycles. The number of nitro groups is 1. The number of nitrogens with zero attached hydrogens (tertiary/aromatic N) is 2. The molecular weight excluding hydrogens is 310 g/mol. The number of nitro benzene ring substituents is 1. The van der Waals surface area contributed by atoms with Gasteiger partial charge in [-0.3, -0.25) is 14.9 Å². The number of rotatable bonds is 5. The van der Waals surface area contributed by atoms with Crippen LogP contribution in [0.2, 0.25) is 0 Å². The molecule has 1 aliphatic rings. The van der Waals surface area contributed by atoms with Crippen LogP contribution in [-0.2, 0) is 4.79 Å². The predicted octanol–water partition coefficient (Wildman–Crippen LogP) is 2.41. The number of non-ortho nitro benzene ring substituents is 1. The molecule has 0 aromatic heterocycles. The second-order valence-corrected chi connectivity index (χ2v) is 5.45. The largest absolute Gasteiger partial charge is 0.474 e. The summed E-state index contributed by atoms with van der Waals surface area (Å²) in [6, 6.07) is 13.4. The van der Waals surface area contributed by atoms with Crippen LogP contribution in [0.5, 0.6) is 5.75 Å². The summed E-state index contributed by atoms with van der Waals surface area (Å²) in [5.41, 5.74) is 6.63. The summed E-state index contributed by atoms with van der Waals surface area (Å²) >= 11 is 0. The quantitative estimate of drug-likeness (QED) is 0.671. The number of hydrogen-bond donors (Lipinski definition) is 1. The Morgan fingerprint density at radius 2 is 1.96 bits per heavy atom. The highest BCUT2D eigenvalue weighted by Gasteiger charge is 2.36. The van der Waals surface area contributed by atoms with Crippen molar-refractivity contribution in [2.24, 2.45) is 5.73 Å². The molecule has 2 aromatic rings. The summed E-state index contributed by atoms with van der Waals surface area (Å²) in [5, 5.41) is 11.0. The van der Waals surface area contributed by atoms with Gasteiger partial charge in [0.15, 0.2) is 0 Å². The third-order valence-electron chi connectivity index (χ3n) is 3.87. The van der Waals surface area contributed by atoms with Gasteiger partial charge in [-0.05, 0) is 19.0 Å². The average molecular weight is 327 g/mol. The highest BCUT2D eigenvalue weighted by atomic mass is 16.6. The van der Waals surface area contributed by atoms with E-state index in [0.29, 0.717) is 30.9 Å². The minimum absolute atomic E-state index is 0.0824. The molecule has 1 atom stereocenters. The molecule has 124 valence electrons. The predicted molar refractivity (Wildman–Crippen MR) is 88.9 cm³/mol. The van der Waals surface area contributed by atoms with Gasteiger partial charge in [-0.25, -0.2) is 0 Å². The van der Waals surface area contributed by atoms with Crippen LogP contribution in [0.4, 0.5) is 11.4 Å². The molecule has 2 N–H and O–H groups in total. The third-order valence-corrected chi connectivity index (χ3v) is 3.87. The second-order valence-electron chi connectivity index (χ2n) is 5.45. The number of nitrogens with two attached hydrogens (primary N) is 1. The molecule has 1 unspecified atom stereocenters. The summed E-state index contributed by atoms with van der Waals surface area (Å²) in [5.74, 6) is 0.203. The van der Waals surface area contributed by atoms with E-state index in [9.17, 15) is 14.9 Å². The first-order valence-electron chi connectivity index (χ1n) is 7.63. The topological polar surface area (TPSA) is 98.7 Å². The van der Waals surface area contributed by atoms with Gasteiger partial charge in [0.25, 0.3) is 11.6 Å². The van der Waals surface area contributed by atoms with E-state index in [1.165, 1.54) is 23.1 Å². The van der Waals surface area contributed by atoms with Crippen LogP contribution in [0, 0.1) is 10.1 Å². The van der Waals surface area contributed by atoms with Crippen LogP contribution in [0.15, 0.2) is 48.5 Å². The Morgan fingerprint density at radius 1 is 1.21 bits per heavy atom. The van der Waals surface area contributed by atoms with E-state index >= 15 is 0 Å². The van der Waals surface area contributed by atoms with Crippen LogP contribution < -0.4 is 15.4 Å². The summed E-state index contributed by atoms with van der Waals surface area (Å²) in [6.07, 6.45) is -0.173. The summed E-state index contributed by atoms with van der Waals surface area (Å²) in [4.78, 5) is 24.9. The number of hydrogen-bond acceptors (Lipinski definition) is 5. The third kappa shape index (κ3) is 2.93. The summed E-state index contributed by atoms with van der Waals surface area (Å²) in [7, 11) is 0. The van der Waals surface area contributed by atoms with Gasteiger partial charge in [-0.1, -0.05) is 30.3 Å². The van der Waals surface area contributed by atoms with Gasteiger partial charge >= 0.3 is 0 Å². The standard InChI is InChI=1S/C17H17N3O4/c18-9-4-10-19-14-11-13(20(22)23)7-8-15(14)24-16(17(19)21)12-5-2-1-3-6-12/h1-3,5-8,11,16H,4,9-10,18H2. The number of carbonyl (C=O) groups is 1. The molecular formula is C17H17N3O4. The number of ether oxygens (including phenoxy) is 1. The fraction of sp³-hybridized carbons (Fsp3) is 0.235. The van der Waals surface area contributed by atoms with Gasteiger partial charge in [0.2, 0.25) is 6.10 Å². The minimum atomic E-state index is -0.766.